The molecule has 0 saturated carbocycles. The van der Waals surface area contributed by atoms with E-state index in [1.807, 2.05) is 20.9 Å². The molecular weight excluding hydrogens is 196 g/mol. The molecule has 0 radical (unpaired) electrons. The molecule has 0 aromatic heterocycles. The highest BCUT2D eigenvalue weighted by Crippen LogP contribution is 2.34. The zero-order valence-corrected chi connectivity index (χ0v) is 10.7. The van der Waals surface area contributed by atoms with Crippen molar-refractivity contribution in [2.75, 3.05) is 20.1 Å². The van der Waals surface area contributed by atoms with Crippen molar-refractivity contribution in [1.29, 1.82) is 0 Å². The fourth-order valence-corrected chi connectivity index (χ4v) is 2.29. The van der Waals surface area contributed by atoms with E-state index >= 15 is 0 Å². The summed E-state index contributed by atoms with van der Waals surface area (Å²) in [5, 5.41) is 0. The first-order valence-electron chi connectivity index (χ1n) is 5.87. The molecule has 0 amide bonds. The zero-order chi connectivity index (χ0) is 12.1. The summed E-state index contributed by atoms with van der Waals surface area (Å²) in [4.78, 5) is 2.16. The van der Waals surface area contributed by atoms with Crippen molar-refractivity contribution in [1.82, 2.24) is 4.90 Å². The van der Waals surface area contributed by atoms with Crippen LogP contribution in [-0.4, -0.2) is 31.5 Å². The molecule has 1 atom stereocenters. The average Bonchev–Trinajstić information content (AvgIpc) is 2.26. The molecule has 15 heavy (non-hydrogen) atoms. The molecule has 3 heteroatoms. The molecule has 1 nitrogen and oxygen atoms in total. The van der Waals surface area contributed by atoms with Crippen LogP contribution in [0.2, 0.25) is 0 Å². The van der Waals surface area contributed by atoms with E-state index in [2.05, 4.69) is 18.7 Å². The Balaban J connectivity index is 0.000000921. The summed E-state index contributed by atoms with van der Waals surface area (Å²) in [6, 6.07) is 0. The molecule has 1 rings (SSSR count). The Morgan fingerprint density at radius 1 is 1.27 bits per heavy atom. The van der Waals surface area contributed by atoms with Gasteiger partial charge in [-0.1, -0.05) is 27.7 Å². The van der Waals surface area contributed by atoms with Gasteiger partial charge in [-0.15, -0.1) is 0 Å². The van der Waals surface area contributed by atoms with Crippen LogP contribution in [0.15, 0.2) is 0 Å². The lowest BCUT2D eigenvalue weighted by molar-refractivity contribution is 0.0541. The van der Waals surface area contributed by atoms with E-state index in [4.69, 9.17) is 0 Å². The SMILES string of the molecule is CC.CN1CCC(C(F)F)CC(C)(C)C1. The standard InChI is InChI=1S/C10H19F2N.C2H6/c1-10(2)6-8(9(11)12)4-5-13(3)7-10;1-2/h8-9H,4-7H2,1-3H3;1-2H3. The lowest BCUT2D eigenvalue weighted by Crippen LogP contribution is -2.29. The van der Waals surface area contributed by atoms with Crippen LogP contribution in [0, 0.1) is 11.3 Å². The minimum atomic E-state index is -2.15. The van der Waals surface area contributed by atoms with Crippen LogP contribution in [0.3, 0.4) is 0 Å². The van der Waals surface area contributed by atoms with E-state index in [1.165, 1.54) is 0 Å². The van der Waals surface area contributed by atoms with E-state index in [-0.39, 0.29) is 5.41 Å². The predicted molar refractivity (Wildman–Crippen MR) is 61.4 cm³/mol. The maximum absolute atomic E-state index is 12.6. The van der Waals surface area contributed by atoms with Crippen LogP contribution in [-0.2, 0) is 0 Å². The molecule has 92 valence electrons. The Morgan fingerprint density at radius 2 is 1.80 bits per heavy atom. The van der Waals surface area contributed by atoms with Gasteiger partial charge in [-0.3, -0.25) is 0 Å². The van der Waals surface area contributed by atoms with Gasteiger partial charge in [0, 0.05) is 12.5 Å². The number of hydrogen-bond donors (Lipinski definition) is 0. The lowest BCUT2D eigenvalue weighted by Gasteiger charge is -2.28. The summed E-state index contributed by atoms with van der Waals surface area (Å²) in [6.45, 7) is 9.88. The van der Waals surface area contributed by atoms with Crippen molar-refractivity contribution in [3.8, 4) is 0 Å². The average molecular weight is 221 g/mol. The lowest BCUT2D eigenvalue weighted by atomic mass is 9.83. The molecule has 1 unspecified atom stereocenters. The quantitative estimate of drug-likeness (QED) is 0.653. The van der Waals surface area contributed by atoms with Crippen molar-refractivity contribution in [3.05, 3.63) is 0 Å². The highest BCUT2D eigenvalue weighted by molar-refractivity contribution is 4.81. The first-order valence-corrected chi connectivity index (χ1v) is 5.87. The maximum Gasteiger partial charge on any atom is 0.241 e. The van der Waals surface area contributed by atoms with E-state index < -0.39 is 12.3 Å². The van der Waals surface area contributed by atoms with Gasteiger partial charge in [-0.25, -0.2) is 8.78 Å². The molecule has 0 N–H and O–H groups in total. The fraction of sp³-hybridized carbons (Fsp3) is 1.00. The molecule has 0 aromatic carbocycles. The van der Waals surface area contributed by atoms with E-state index in [1.54, 1.807) is 0 Å². The number of halogens is 2. The van der Waals surface area contributed by atoms with E-state index in [0.29, 0.717) is 12.8 Å². The molecule has 0 aromatic rings. The van der Waals surface area contributed by atoms with Gasteiger partial charge in [0.25, 0.3) is 0 Å². The Bertz CT molecular complexity index is 169. The molecule has 1 saturated heterocycles. The molecule has 1 aliphatic rings. The third kappa shape index (κ3) is 5.45. The van der Waals surface area contributed by atoms with E-state index in [0.717, 1.165) is 13.1 Å². The van der Waals surface area contributed by atoms with Gasteiger partial charge >= 0.3 is 0 Å². The number of rotatable bonds is 1. The topological polar surface area (TPSA) is 3.24 Å². The summed E-state index contributed by atoms with van der Waals surface area (Å²) >= 11 is 0. The predicted octanol–water partition coefficient (Wildman–Crippen LogP) is 3.65. The Kier molecular flexibility index (Phi) is 6.34. The van der Waals surface area contributed by atoms with Crippen LogP contribution in [0.25, 0.3) is 0 Å². The smallest absolute Gasteiger partial charge is 0.241 e. The summed E-state index contributed by atoms with van der Waals surface area (Å²) in [5.41, 5.74) is 0.0341. The third-order valence-corrected chi connectivity index (χ3v) is 2.75. The van der Waals surface area contributed by atoms with Gasteiger partial charge in [0.15, 0.2) is 0 Å². The maximum atomic E-state index is 12.6. The normalized spacial score (nSPS) is 26.8. The molecule has 0 bridgehead atoms. The summed E-state index contributed by atoms with van der Waals surface area (Å²) < 4.78 is 25.1. The van der Waals surface area contributed by atoms with Crippen molar-refractivity contribution in [3.63, 3.8) is 0 Å². The first-order chi connectivity index (χ1) is 6.91. The van der Waals surface area contributed by atoms with Crippen molar-refractivity contribution < 1.29 is 8.78 Å². The number of alkyl halides is 2. The molecular formula is C12H25F2N. The van der Waals surface area contributed by atoms with Crippen molar-refractivity contribution >= 4 is 0 Å². The van der Waals surface area contributed by atoms with E-state index in [9.17, 15) is 8.78 Å². The van der Waals surface area contributed by atoms with Gasteiger partial charge in [0.05, 0.1) is 0 Å². The van der Waals surface area contributed by atoms with Crippen LogP contribution in [0.5, 0.6) is 0 Å². The Hall–Kier alpha value is -0.180. The van der Waals surface area contributed by atoms with Gasteiger partial charge in [0.1, 0.15) is 0 Å². The van der Waals surface area contributed by atoms with Gasteiger partial charge in [-0.05, 0) is 31.8 Å². The van der Waals surface area contributed by atoms with Crippen LogP contribution < -0.4 is 0 Å². The third-order valence-electron chi connectivity index (χ3n) is 2.75. The van der Waals surface area contributed by atoms with Crippen LogP contribution >= 0.6 is 0 Å². The van der Waals surface area contributed by atoms with Crippen molar-refractivity contribution in [2.24, 2.45) is 11.3 Å². The minimum Gasteiger partial charge on any atom is -0.306 e. The van der Waals surface area contributed by atoms with Crippen LogP contribution in [0.4, 0.5) is 8.78 Å². The van der Waals surface area contributed by atoms with Gasteiger partial charge in [0.2, 0.25) is 6.43 Å². The number of nitrogens with zero attached hydrogens (tertiary/aromatic N) is 1. The summed E-state index contributed by atoms with van der Waals surface area (Å²) in [6.07, 6.45) is -0.863. The van der Waals surface area contributed by atoms with Gasteiger partial charge in [-0.2, -0.15) is 0 Å². The summed E-state index contributed by atoms with van der Waals surface area (Å²) in [5.74, 6) is -0.403. The molecule has 0 aliphatic carbocycles. The second kappa shape index (κ2) is 6.41. The highest BCUT2D eigenvalue weighted by Gasteiger charge is 2.32. The van der Waals surface area contributed by atoms with Crippen LogP contribution in [0.1, 0.15) is 40.5 Å². The Morgan fingerprint density at radius 3 is 2.27 bits per heavy atom. The highest BCUT2D eigenvalue weighted by atomic mass is 19.3. The summed E-state index contributed by atoms with van der Waals surface area (Å²) in [7, 11) is 2.01. The van der Waals surface area contributed by atoms with Gasteiger partial charge < -0.3 is 4.90 Å². The largest absolute Gasteiger partial charge is 0.306 e. The number of hydrogen-bond acceptors (Lipinski definition) is 1. The second-order valence-electron chi connectivity index (χ2n) is 4.99. The Labute approximate surface area is 92.8 Å². The molecule has 1 heterocycles. The zero-order valence-electron chi connectivity index (χ0n) is 10.7. The molecule has 0 spiro atoms. The minimum absolute atomic E-state index is 0.0341. The first kappa shape index (κ1) is 14.8. The number of likely N-dealkylation sites (tertiary alicyclic amines) is 1. The molecule has 1 aliphatic heterocycles. The molecule has 1 fully saturated rings. The van der Waals surface area contributed by atoms with Crippen molar-refractivity contribution in [2.45, 2.75) is 47.0 Å². The fourth-order valence-electron chi connectivity index (χ4n) is 2.29. The monoisotopic (exact) mass is 221 g/mol. The second-order valence-corrected chi connectivity index (χ2v) is 4.99.